The van der Waals surface area contributed by atoms with Crippen LogP contribution in [0.5, 0.6) is 0 Å². The number of thiazole rings is 1. The van der Waals surface area contributed by atoms with Gasteiger partial charge < -0.3 is 4.74 Å². The van der Waals surface area contributed by atoms with Gasteiger partial charge in [-0.05, 0) is 26.2 Å². The van der Waals surface area contributed by atoms with E-state index in [9.17, 15) is 8.42 Å². The summed E-state index contributed by atoms with van der Waals surface area (Å²) in [6.07, 6.45) is 4.33. The minimum Gasteiger partial charge on any atom is -0.378 e. The highest BCUT2D eigenvalue weighted by Gasteiger charge is 2.47. The molecule has 130 valence electrons. The maximum Gasteiger partial charge on any atom is 0.208 e. The normalized spacial score (nSPS) is 28.9. The molecule has 3 rings (SSSR count). The van der Waals surface area contributed by atoms with Gasteiger partial charge in [-0.2, -0.15) is 0 Å². The fourth-order valence-corrected chi connectivity index (χ4v) is 5.07. The Bertz CT molecular complexity index is 646. The second-order valence-electron chi connectivity index (χ2n) is 6.77. The van der Waals surface area contributed by atoms with Crippen LogP contribution in [0, 0.1) is 12.3 Å². The quantitative estimate of drug-likeness (QED) is 0.831. The van der Waals surface area contributed by atoms with E-state index in [2.05, 4.69) is 20.0 Å². The van der Waals surface area contributed by atoms with Gasteiger partial charge in [0.05, 0.1) is 18.9 Å². The first-order valence-corrected chi connectivity index (χ1v) is 10.8. The summed E-state index contributed by atoms with van der Waals surface area (Å²) < 4.78 is 31.2. The van der Waals surface area contributed by atoms with E-state index in [1.165, 1.54) is 6.26 Å². The van der Waals surface area contributed by atoms with Gasteiger partial charge in [0.15, 0.2) is 0 Å². The summed E-state index contributed by atoms with van der Waals surface area (Å²) in [6, 6.07) is 0. The van der Waals surface area contributed by atoms with Crippen LogP contribution < -0.4 is 4.72 Å². The SMILES string of the molecule is Cc1csc(CN2CC[C@H]3OCC[C@@]3(CCNS(C)(=O)=O)C2)n1. The Morgan fingerprint density at radius 1 is 1.57 bits per heavy atom. The summed E-state index contributed by atoms with van der Waals surface area (Å²) in [6.45, 7) is 6.16. The molecular weight excluding hydrogens is 334 g/mol. The van der Waals surface area contributed by atoms with Crippen LogP contribution in [0.3, 0.4) is 0 Å². The number of aromatic nitrogens is 1. The van der Waals surface area contributed by atoms with E-state index in [-0.39, 0.29) is 11.5 Å². The number of hydrogen-bond acceptors (Lipinski definition) is 6. The average molecular weight is 360 g/mol. The molecule has 2 aliphatic heterocycles. The molecule has 3 heterocycles. The second-order valence-corrected chi connectivity index (χ2v) is 9.55. The van der Waals surface area contributed by atoms with Crippen LogP contribution in [0.1, 0.15) is 30.0 Å². The monoisotopic (exact) mass is 359 g/mol. The van der Waals surface area contributed by atoms with Crippen LogP contribution in [-0.2, 0) is 21.3 Å². The zero-order chi connectivity index (χ0) is 16.5. The number of sulfonamides is 1. The number of nitrogens with zero attached hydrogens (tertiary/aromatic N) is 2. The highest BCUT2D eigenvalue weighted by Crippen LogP contribution is 2.43. The van der Waals surface area contributed by atoms with Crippen molar-refractivity contribution in [3.8, 4) is 0 Å². The van der Waals surface area contributed by atoms with E-state index in [0.29, 0.717) is 6.54 Å². The topological polar surface area (TPSA) is 71.5 Å². The smallest absolute Gasteiger partial charge is 0.208 e. The molecule has 0 unspecified atom stereocenters. The fraction of sp³-hybridized carbons (Fsp3) is 0.800. The lowest BCUT2D eigenvalue weighted by atomic mass is 9.74. The first-order valence-electron chi connectivity index (χ1n) is 8.06. The number of fused-ring (bicyclic) bond motifs is 1. The number of piperidine rings is 1. The first-order chi connectivity index (χ1) is 10.9. The van der Waals surface area contributed by atoms with Crippen molar-refractivity contribution in [2.75, 3.05) is 32.5 Å². The first kappa shape index (κ1) is 17.3. The molecule has 23 heavy (non-hydrogen) atoms. The standard InChI is InChI=1S/C15H25N3O3S2/c1-12-10-22-14(17-12)9-18-7-3-13-15(11-18,5-8-21-13)4-6-16-23(2,19)20/h10,13,16H,3-9,11H2,1-2H3/t13-,15+/m1/s1. The van der Waals surface area contributed by atoms with Crippen LogP contribution in [0.25, 0.3) is 0 Å². The minimum absolute atomic E-state index is 0.0717. The summed E-state index contributed by atoms with van der Waals surface area (Å²) in [4.78, 5) is 7.01. The van der Waals surface area contributed by atoms with Crippen LogP contribution in [-0.4, -0.2) is 56.9 Å². The van der Waals surface area contributed by atoms with Crippen molar-refractivity contribution in [2.45, 2.75) is 38.8 Å². The molecule has 0 saturated carbocycles. The molecular formula is C15H25N3O3S2. The molecule has 2 atom stereocenters. The lowest BCUT2D eigenvalue weighted by Crippen LogP contribution is -2.50. The second kappa shape index (κ2) is 6.76. The number of ether oxygens (including phenoxy) is 1. The molecule has 0 amide bonds. The maximum atomic E-state index is 11.3. The summed E-state index contributed by atoms with van der Waals surface area (Å²) in [5.74, 6) is 0. The van der Waals surface area contributed by atoms with E-state index >= 15 is 0 Å². The Balaban J connectivity index is 1.64. The molecule has 0 aliphatic carbocycles. The lowest BCUT2D eigenvalue weighted by molar-refractivity contribution is -0.0236. The maximum absolute atomic E-state index is 11.3. The molecule has 1 aromatic rings. The van der Waals surface area contributed by atoms with Crippen molar-refractivity contribution in [1.82, 2.24) is 14.6 Å². The molecule has 1 N–H and O–H groups in total. The molecule has 8 heteroatoms. The van der Waals surface area contributed by atoms with Gasteiger partial charge in [-0.25, -0.2) is 18.1 Å². The van der Waals surface area contributed by atoms with Crippen molar-refractivity contribution < 1.29 is 13.2 Å². The Morgan fingerprint density at radius 2 is 2.39 bits per heavy atom. The molecule has 1 aromatic heterocycles. The zero-order valence-corrected chi connectivity index (χ0v) is 15.4. The molecule has 0 aromatic carbocycles. The Labute approximate surface area is 142 Å². The number of rotatable bonds is 6. The number of hydrogen-bond donors (Lipinski definition) is 1. The van der Waals surface area contributed by atoms with Crippen LogP contribution in [0.2, 0.25) is 0 Å². The molecule has 2 fully saturated rings. The fourth-order valence-electron chi connectivity index (χ4n) is 3.79. The number of aryl methyl sites for hydroxylation is 1. The Morgan fingerprint density at radius 3 is 3.09 bits per heavy atom. The van der Waals surface area contributed by atoms with E-state index in [1.54, 1.807) is 11.3 Å². The van der Waals surface area contributed by atoms with Crippen molar-refractivity contribution in [1.29, 1.82) is 0 Å². The van der Waals surface area contributed by atoms with Gasteiger partial charge in [-0.1, -0.05) is 0 Å². The molecule has 2 aliphatic rings. The van der Waals surface area contributed by atoms with Crippen molar-refractivity contribution >= 4 is 21.4 Å². The summed E-state index contributed by atoms with van der Waals surface area (Å²) in [5.41, 5.74) is 1.15. The molecule has 0 bridgehead atoms. The van der Waals surface area contributed by atoms with Crippen molar-refractivity contribution in [3.05, 3.63) is 16.1 Å². The predicted molar refractivity (Wildman–Crippen MR) is 91.0 cm³/mol. The summed E-state index contributed by atoms with van der Waals surface area (Å²) in [5, 5.41) is 3.25. The molecule has 0 radical (unpaired) electrons. The van der Waals surface area contributed by atoms with Crippen LogP contribution >= 0.6 is 11.3 Å². The Hall–Kier alpha value is -0.540. The van der Waals surface area contributed by atoms with E-state index < -0.39 is 10.0 Å². The van der Waals surface area contributed by atoms with Gasteiger partial charge >= 0.3 is 0 Å². The number of likely N-dealkylation sites (tertiary alicyclic amines) is 1. The average Bonchev–Trinajstić information content (AvgIpc) is 3.03. The minimum atomic E-state index is -3.13. The molecule has 2 saturated heterocycles. The summed E-state index contributed by atoms with van der Waals surface area (Å²) in [7, 11) is -3.13. The third-order valence-corrected chi connectivity index (χ3v) is 6.54. The third-order valence-electron chi connectivity index (χ3n) is 4.86. The van der Waals surface area contributed by atoms with Gasteiger partial charge in [-0.15, -0.1) is 11.3 Å². The van der Waals surface area contributed by atoms with Gasteiger partial charge in [-0.3, -0.25) is 4.90 Å². The van der Waals surface area contributed by atoms with Gasteiger partial charge in [0.2, 0.25) is 10.0 Å². The summed E-state index contributed by atoms with van der Waals surface area (Å²) >= 11 is 1.71. The predicted octanol–water partition coefficient (Wildman–Crippen LogP) is 1.37. The third kappa shape index (κ3) is 4.30. The Kier molecular flexibility index (Phi) is 5.08. The lowest BCUT2D eigenvalue weighted by Gasteiger charge is -2.43. The van der Waals surface area contributed by atoms with E-state index in [1.807, 2.05) is 6.92 Å². The van der Waals surface area contributed by atoms with E-state index in [0.717, 1.165) is 56.2 Å². The van der Waals surface area contributed by atoms with Gasteiger partial charge in [0.1, 0.15) is 5.01 Å². The van der Waals surface area contributed by atoms with Gasteiger partial charge in [0, 0.05) is 42.7 Å². The zero-order valence-electron chi connectivity index (χ0n) is 13.7. The van der Waals surface area contributed by atoms with Crippen LogP contribution in [0.15, 0.2) is 5.38 Å². The van der Waals surface area contributed by atoms with Gasteiger partial charge in [0.25, 0.3) is 0 Å². The number of nitrogens with one attached hydrogen (secondary N) is 1. The highest BCUT2D eigenvalue weighted by molar-refractivity contribution is 7.88. The molecule has 6 nitrogen and oxygen atoms in total. The highest BCUT2D eigenvalue weighted by atomic mass is 32.2. The van der Waals surface area contributed by atoms with Crippen molar-refractivity contribution in [3.63, 3.8) is 0 Å². The van der Waals surface area contributed by atoms with E-state index in [4.69, 9.17) is 4.74 Å². The van der Waals surface area contributed by atoms with Crippen LogP contribution in [0.4, 0.5) is 0 Å². The largest absolute Gasteiger partial charge is 0.378 e. The molecule has 0 spiro atoms. The van der Waals surface area contributed by atoms with Crippen molar-refractivity contribution in [2.24, 2.45) is 5.41 Å².